The summed E-state index contributed by atoms with van der Waals surface area (Å²) in [4.78, 5) is 4.19. The van der Waals surface area contributed by atoms with Crippen molar-refractivity contribution in [2.75, 3.05) is 0 Å². The quantitative estimate of drug-likeness (QED) is 0.804. The molecule has 2 rings (SSSR count). The Morgan fingerprint density at radius 3 is 2.69 bits per heavy atom. The predicted molar refractivity (Wildman–Crippen MR) is 54.7 cm³/mol. The molecule has 0 N–H and O–H groups in total. The number of oxazole rings is 1. The van der Waals surface area contributed by atoms with E-state index >= 15 is 0 Å². The summed E-state index contributed by atoms with van der Waals surface area (Å²) in [6, 6.07) is 4.74. The lowest BCUT2D eigenvalue weighted by atomic mass is 10.2. The number of rotatable bonds is 3. The standard InChI is InChI=1S/C11H11F2NO2/c1-6(2)10-14-7-4-3-5-8(9(7)16-10)15-11(12)13/h3-6,11H,1-2H3. The van der Waals surface area contributed by atoms with Crippen LogP contribution in [0.3, 0.4) is 0 Å². The zero-order valence-electron chi connectivity index (χ0n) is 8.91. The molecule has 2 aromatic rings. The first-order valence-electron chi connectivity index (χ1n) is 4.92. The van der Waals surface area contributed by atoms with Crippen LogP contribution in [0, 0.1) is 0 Å². The van der Waals surface area contributed by atoms with Crippen LogP contribution in [0.5, 0.6) is 5.75 Å². The Hall–Kier alpha value is -1.65. The SMILES string of the molecule is CC(C)c1nc2cccc(OC(F)F)c2o1. The summed E-state index contributed by atoms with van der Waals surface area (Å²) in [5.74, 6) is 0.638. The van der Waals surface area contributed by atoms with Gasteiger partial charge in [-0.3, -0.25) is 0 Å². The Labute approximate surface area is 91.0 Å². The van der Waals surface area contributed by atoms with Gasteiger partial charge in [0.1, 0.15) is 5.52 Å². The summed E-state index contributed by atoms with van der Waals surface area (Å²) in [5, 5.41) is 0. The maximum absolute atomic E-state index is 12.1. The van der Waals surface area contributed by atoms with Crippen molar-refractivity contribution in [1.29, 1.82) is 0 Å². The fourth-order valence-corrected chi connectivity index (χ4v) is 1.38. The molecule has 3 nitrogen and oxygen atoms in total. The van der Waals surface area contributed by atoms with Gasteiger partial charge in [-0.05, 0) is 12.1 Å². The molecular formula is C11H11F2NO2. The predicted octanol–water partition coefficient (Wildman–Crippen LogP) is 3.55. The van der Waals surface area contributed by atoms with E-state index in [9.17, 15) is 8.78 Å². The molecule has 0 bridgehead atoms. The molecule has 0 unspecified atom stereocenters. The second-order valence-corrected chi connectivity index (χ2v) is 3.69. The van der Waals surface area contributed by atoms with Crippen molar-refractivity contribution < 1.29 is 17.9 Å². The van der Waals surface area contributed by atoms with Crippen LogP contribution >= 0.6 is 0 Å². The van der Waals surface area contributed by atoms with E-state index in [1.807, 2.05) is 13.8 Å². The van der Waals surface area contributed by atoms with Gasteiger partial charge in [0.2, 0.25) is 0 Å². The number of alkyl halides is 2. The van der Waals surface area contributed by atoms with Crippen molar-refractivity contribution in [3.63, 3.8) is 0 Å². The second-order valence-electron chi connectivity index (χ2n) is 3.69. The lowest BCUT2D eigenvalue weighted by molar-refractivity contribution is -0.0494. The number of nitrogens with zero attached hydrogens (tertiary/aromatic N) is 1. The average Bonchev–Trinajstić information content (AvgIpc) is 2.61. The fraction of sp³-hybridized carbons (Fsp3) is 0.364. The monoisotopic (exact) mass is 227 g/mol. The maximum atomic E-state index is 12.1. The summed E-state index contributed by atoms with van der Waals surface area (Å²) < 4.78 is 34.0. The van der Waals surface area contributed by atoms with Gasteiger partial charge in [0.15, 0.2) is 17.2 Å². The van der Waals surface area contributed by atoms with E-state index in [1.165, 1.54) is 6.07 Å². The summed E-state index contributed by atoms with van der Waals surface area (Å²) in [7, 11) is 0. The zero-order chi connectivity index (χ0) is 11.7. The van der Waals surface area contributed by atoms with Gasteiger partial charge in [0, 0.05) is 5.92 Å². The van der Waals surface area contributed by atoms with Crippen LogP contribution < -0.4 is 4.74 Å². The van der Waals surface area contributed by atoms with Gasteiger partial charge < -0.3 is 9.15 Å². The van der Waals surface area contributed by atoms with Crippen molar-refractivity contribution in [1.82, 2.24) is 4.98 Å². The normalized spacial score (nSPS) is 11.6. The number of hydrogen-bond donors (Lipinski definition) is 0. The Bertz CT molecular complexity index is 494. The number of para-hydroxylation sites is 1. The molecule has 16 heavy (non-hydrogen) atoms. The highest BCUT2D eigenvalue weighted by Gasteiger charge is 2.15. The maximum Gasteiger partial charge on any atom is 0.387 e. The van der Waals surface area contributed by atoms with Crippen LogP contribution in [0.4, 0.5) is 8.78 Å². The molecule has 0 fully saturated rings. The third-order valence-corrected chi connectivity index (χ3v) is 2.11. The van der Waals surface area contributed by atoms with Crippen molar-refractivity contribution in [3.8, 4) is 5.75 Å². The largest absolute Gasteiger partial charge is 0.436 e. The van der Waals surface area contributed by atoms with Crippen LogP contribution in [0.25, 0.3) is 11.1 Å². The van der Waals surface area contributed by atoms with Gasteiger partial charge in [0.25, 0.3) is 0 Å². The molecule has 5 heteroatoms. The van der Waals surface area contributed by atoms with Gasteiger partial charge >= 0.3 is 6.61 Å². The highest BCUT2D eigenvalue weighted by molar-refractivity contribution is 5.79. The van der Waals surface area contributed by atoms with Crippen LogP contribution in [-0.4, -0.2) is 11.6 Å². The molecule has 0 saturated carbocycles. The van der Waals surface area contributed by atoms with Crippen molar-refractivity contribution in [3.05, 3.63) is 24.1 Å². The molecule has 0 radical (unpaired) electrons. The third kappa shape index (κ3) is 1.98. The molecule has 0 spiro atoms. The first-order chi connectivity index (χ1) is 7.58. The smallest absolute Gasteiger partial charge is 0.387 e. The Balaban J connectivity index is 2.50. The van der Waals surface area contributed by atoms with E-state index in [0.29, 0.717) is 11.4 Å². The van der Waals surface area contributed by atoms with E-state index < -0.39 is 6.61 Å². The highest BCUT2D eigenvalue weighted by Crippen LogP contribution is 2.29. The van der Waals surface area contributed by atoms with Crippen LogP contribution in [-0.2, 0) is 0 Å². The Kier molecular flexibility index (Phi) is 2.77. The van der Waals surface area contributed by atoms with E-state index in [1.54, 1.807) is 12.1 Å². The molecule has 0 saturated heterocycles. The molecule has 0 aliphatic rings. The number of benzene rings is 1. The summed E-state index contributed by atoms with van der Waals surface area (Å²) >= 11 is 0. The number of fused-ring (bicyclic) bond motifs is 1. The second kappa shape index (κ2) is 4.08. The Morgan fingerprint density at radius 2 is 2.06 bits per heavy atom. The van der Waals surface area contributed by atoms with Crippen LogP contribution in [0.1, 0.15) is 25.7 Å². The first-order valence-corrected chi connectivity index (χ1v) is 4.92. The van der Waals surface area contributed by atoms with Gasteiger partial charge in [-0.2, -0.15) is 8.78 Å². The first kappa shape index (κ1) is 10.9. The zero-order valence-corrected chi connectivity index (χ0v) is 8.91. The van der Waals surface area contributed by atoms with Gasteiger partial charge in [-0.25, -0.2) is 4.98 Å². The van der Waals surface area contributed by atoms with E-state index in [4.69, 9.17) is 4.42 Å². The number of aromatic nitrogens is 1. The third-order valence-electron chi connectivity index (χ3n) is 2.11. The van der Waals surface area contributed by atoms with Crippen LogP contribution in [0.15, 0.2) is 22.6 Å². The molecule has 0 atom stereocenters. The van der Waals surface area contributed by atoms with E-state index in [-0.39, 0.29) is 17.3 Å². The van der Waals surface area contributed by atoms with E-state index in [2.05, 4.69) is 9.72 Å². The van der Waals surface area contributed by atoms with Crippen molar-refractivity contribution >= 4 is 11.1 Å². The fourth-order valence-electron chi connectivity index (χ4n) is 1.38. The van der Waals surface area contributed by atoms with Gasteiger partial charge in [0.05, 0.1) is 0 Å². The number of halogens is 2. The minimum atomic E-state index is -2.86. The summed E-state index contributed by atoms with van der Waals surface area (Å²) in [6.07, 6.45) is 0. The molecular weight excluding hydrogens is 216 g/mol. The minimum Gasteiger partial charge on any atom is -0.436 e. The molecule has 1 aromatic carbocycles. The van der Waals surface area contributed by atoms with E-state index in [0.717, 1.165) is 0 Å². The molecule has 0 aliphatic heterocycles. The molecule has 86 valence electrons. The highest BCUT2D eigenvalue weighted by atomic mass is 19.3. The van der Waals surface area contributed by atoms with Gasteiger partial charge in [-0.15, -0.1) is 0 Å². The molecule has 1 aromatic heterocycles. The molecule has 0 aliphatic carbocycles. The van der Waals surface area contributed by atoms with Crippen LogP contribution in [0.2, 0.25) is 0 Å². The van der Waals surface area contributed by atoms with Crippen molar-refractivity contribution in [2.45, 2.75) is 26.4 Å². The summed E-state index contributed by atoms with van der Waals surface area (Å²) in [6.45, 7) is 0.967. The lowest BCUT2D eigenvalue weighted by Gasteiger charge is -2.03. The topological polar surface area (TPSA) is 35.3 Å². The molecule has 1 heterocycles. The minimum absolute atomic E-state index is 0.0203. The molecule has 0 amide bonds. The van der Waals surface area contributed by atoms with Gasteiger partial charge in [-0.1, -0.05) is 19.9 Å². The van der Waals surface area contributed by atoms with Crippen molar-refractivity contribution in [2.24, 2.45) is 0 Å². The number of hydrogen-bond acceptors (Lipinski definition) is 3. The Morgan fingerprint density at radius 1 is 1.31 bits per heavy atom. The summed E-state index contributed by atoms with van der Waals surface area (Å²) in [5.41, 5.74) is 0.799. The lowest BCUT2D eigenvalue weighted by Crippen LogP contribution is -2.01. The number of ether oxygens (including phenoxy) is 1. The average molecular weight is 227 g/mol.